The quantitative estimate of drug-likeness (QED) is 0.908. The molecule has 1 heterocycles. The van der Waals surface area contributed by atoms with E-state index < -0.39 is 23.9 Å². The van der Waals surface area contributed by atoms with Crippen molar-refractivity contribution in [2.75, 3.05) is 13.1 Å². The standard InChI is InChI=1S/C14H15F3N2O/c15-14(16,17)12-4-2-1-3-11(12)13(9-18)19-7-5-10(20)6-8-19/h1-4,10,13,20H,5-8H2. The number of benzene rings is 1. The zero-order valence-electron chi connectivity index (χ0n) is 10.8. The third kappa shape index (κ3) is 3.11. The van der Waals surface area contributed by atoms with Crippen molar-refractivity contribution >= 4 is 0 Å². The van der Waals surface area contributed by atoms with Crippen molar-refractivity contribution in [3.8, 4) is 6.07 Å². The number of nitrogens with zero attached hydrogens (tertiary/aromatic N) is 2. The van der Waals surface area contributed by atoms with Gasteiger partial charge >= 0.3 is 6.18 Å². The average Bonchev–Trinajstić information content (AvgIpc) is 2.41. The molecular weight excluding hydrogens is 269 g/mol. The molecule has 6 heteroatoms. The van der Waals surface area contributed by atoms with Crippen molar-refractivity contribution in [3.05, 3.63) is 35.4 Å². The fourth-order valence-corrected chi connectivity index (χ4v) is 2.49. The smallest absolute Gasteiger partial charge is 0.393 e. The second-order valence-electron chi connectivity index (χ2n) is 4.88. The number of hydrogen-bond donors (Lipinski definition) is 1. The molecule has 3 nitrogen and oxygen atoms in total. The Kier molecular flexibility index (Phi) is 4.31. The van der Waals surface area contributed by atoms with Crippen LogP contribution in [0.2, 0.25) is 0 Å². The van der Waals surface area contributed by atoms with Crippen molar-refractivity contribution in [1.82, 2.24) is 4.90 Å². The summed E-state index contributed by atoms with van der Waals surface area (Å²) in [6.45, 7) is 0.844. The molecule has 1 aromatic rings. The van der Waals surface area contributed by atoms with Crippen molar-refractivity contribution < 1.29 is 18.3 Å². The molecule has 1 N–H and O–H groups in total. The summed E-state index contributed by atoms with van der Waals surface area (Å²) < 4.78 is 39.0. The van der Waals surface area contributed by atoms with Crippen LogP contribution in [-0.4, -0.2) is 29.2 Å². The maximum absolute atomic E-state index is 13.0. The lowest BCUT2D eigenvalue weighted by Crippen LogP contribution is -2.38. The maximum atomic E-state index is 13.0. The number of aliphatic hydroxyl groups is 1. The number of rotatable bonds is 2. The first-order valence-corrected chi connectivity index (χ1v) is 6.41. The summed E-state index contributed by atoms with van der Waals surface area (Å²) in [7, 11) is 0. The minimum atomic E-state index is -4.47. The molecule has 0 bridgehead atoms. The number of halogens is 3. The first-order valence-electron chi connectivity index (χ1n) is 6.41. The van der Waals surface area contributed by atoms with Gasteiger partial charge in [0, 0.05) is 13.1 Å². The molecule has 0 saturated carbocycles. The summed E-state index contributed by atoms with van der Waals surface area (Å²) in [5.41, 5.74) is -0.781. The largest absolute Gasteiger partial charge is 0.416 e. The van der Waals surface area contributed by atoms with Crippen LogP contribution in [0.4, 0.5) is 13.2 Å². The van der Waals surface area contributed by atoms with Crippen LogP contribution < -0.4 is 0 Å². The van der Waals surface area contributed by atoms with Gasteiger partial charge in [-0.1, -0.05) is 18.2 Å². The van der Waals surface area contributed by atoms with Gasteiger partial charge in [0.25, 0.3) is 0 Å². The highest BCUT2D eigenvalue weighted by atomic mass is 19.4. The number of likely N-dealkylation sites (tertiary alicyclic amines) is 1. The van der Waals surface area contributed by atoms with E-state index in [9.17, 15) is 23.5 Å². The third-order valence-corrected chi connectivity index (χ3v) is 3.55. The molecule has 1 aliphatic rings. The van der Waals surface area contributed by atoms with Gasteiger partial charge < -0.3 is 5.11 Å². The van der Waals surface area contributed by atoms with Crippen molar-refractivity contribution in [1.29, 1.82) is 5.26 Å². The van der Waals surface area contributed by atoms with Gasteiger partial charge in [-0.2, -0.15) is 18.4 Å². The fraction of sp³-hybridized carbons (Fsp3) is 0.500. The van der Waals surface area contributed by atoms with E-state index in [2.05, 4.69) is 0 Å². The average molecular weight is 284 g/mol. The SMILES string of the molecule is N#CC(c1ccccc1C(F)(F)F)N1CCC(O)CC1. The molecule has 1 unspecified atom stereocenters. The van der Waals surface area contributed by atoms with Crippen LogP contribution in [-0.2, 0) is 6.18 Å². The molecule has 1 aliphatic heterocycles. The predicted octanol–water partition coefficient (Wildman–Crippen LogP) is 2.73. The van der Waals surface area contributed by atoms with Crippen LogP contribution >= 0.6 is 0 Å². The number of hydrogen-bond acceptors (Lipinski definition) is 3. The van der Waals surface area contributed by atoms with Gasteiger partial charge in [-0.15, -0.1) is 0 Å². The van der Waals surface area contributed by atoms with Crippen LogP contribution in [0.15, 0.2) is 24.3 Å². The molecule has 0 aromatic heterocycles. The Hall–Kier alpha value is -1.58. The third-order valence-electron chi connectivity index (χ3n) is 3.55. The zero-order valence-corrected chi connectivity index (χ0v) is 10.8. The van der Waals surface area contributed by atoms with Crippen LogP contribution in [0.5, 0.6) is 0 Å². The van der Waals surface area contributed by atoms with E-state index in [1.54, 1.807) is 4.90 Å². The van der Waals surface area contributed by atoms with Gasteiger partial charge in [-0.25, -0.2) is 0 Å². The molecule has 108 valence electrons. The minimum absolute atomic E-state index is 0.0149. The van der Waals surface area contributed by atoms with E-state index in [1.165, 1.54) is 18.2 Å². The van der Waals surface area contributed by atoms with Crippen LogP contribution in [0, 0.1) is 11.3 Å². The fourth-order valence-electron chi connectivity index (χ4n) is 2.49. The van der Waals surface area contributed by atoms with Crippen LogP contribution in [0.25, 0.3) is 0 Å². The van der Waals surface area contributed by atoms with Crippen molar-refractivity contribution in [2.45, 2.75) is 31.2 Å². The number of nitriles is 1. The molecule has 1 atom stereocenters. The van der Waals surface area contributed by atoms with E-state index in [-0.39, 0.29) is 5.56 Å². The summed E-state index contributed by atoms with van der Waals surface area (Å²) in [6, 6.07) is 6.20. The summed E-state index contributed by atoms with van der Waals surface area (Å²) in [5.74, 6) is 0. The van der Waals surface area contributed by atoms with Gasteiger partial charge in [0.1, 0.15) is 6.04 Å². The topological polar surface area (TPSA) is 47.3 Å². The summed E-state index contributed by atoms with van der Waals surface area (Å²) in [6.07, 6.45) is -3.94. The normalized spacial score (nSPS) is 19.6. The maximum Gasteiger partial charge on any atom is 0.416 e. The van der Waals surface area contributed by atoms with E-state index >= 15 is 0 Å². The molecule has 0 aliphatic carbocycles. The van der Waals surface area contributed by atoms with E-state index in [0.717, 1.165) is 6.07 Å². The monoisotopic (exact) mass is 284 g/mol. The first kappa shape index (κ1) is 14.8. The molecule has 0 radical (unpaired) electrons. The van der Waals surface area contributed by atoms with Gasteiger partial charge in [-0.3, -0.25) is 4.90 Å². The van der Waals surface area contributed by atoms with E-state index in [1.807, 2.05) is 6.07 Å². The Morgan fingerprint density at radius 1 is 1.25 bits per heavy atom. The van der Waals surface area contributed by atoms with Crippen LogP contribution in [0.3, 0.4) is 0 Å². The molecule has 1 aromatic carbocycles. The molecule has 0 spiro atoms. The minimum Gasteiger partial charge on any atom is -0.393 e. The van der Waals surface area contributed by atoms with Crippen LogP contribution in [0.1, 0.15) is 30.0 Å². The highest BCUT2D eigenvalue weighted by Crippen LogP contribution is 2.36. The van der Waals surface area contributed by atoms with Gasteiger partial charge in [0.05, 0.1) is 17.7 Å². The number of aliphatic hydroxyl groups excluding tert-OH is 1. The summed E-state index contributed by atoms with van der Waals surface area (Å²) in [4.78, 5) is 1.69. The van der Waals surface area contributed by atoms with Gasteiger partial charge in [-0.05, 0) is 24.5 Å². The Balaban J connectivity index is 2.31. The van der Waals surface area contributed by atoms with Gasteiger partial charge in [0.2, 0.25) is 0 Å². The Morgan fingerprint density at radius 3 is 2.40 bits per heavy atom. The molecule has 2 rings (SSSR count). The lowest BCUT2D eigenvalue weighted by atomic mass is 9.97. The van der Waals surface area contributed by atoms with E-state index in [4.69, 9.17) is 0 Å². The second-order valence-corrected chi connectivity index (χ2v) is 4.88. The zero-order chi connectivity index (χ0) is 14.8. The predicted molar refractivity (Wildman–Crippen MR) is 66.6 cm³/mol. The highest BCUT2D eigenvalue weighted by molar-refractivity contribution is 5.35. The molecule has 1 fully saturated rings. The summed E-state index contributed by atoms with van der Waals surface area (Å²) in [5, 5.41) is 18.7. The molecular formula is C14H15F3N2O. The number of alkyl halides is 3. The first-order chi connectivity index (χ1) is 9.43. The second kappa shape index (κ2) is 5.81. The Bertz CT molecular complexity index is 502. The molecule has 1 saturated heterocycles. The molecule has 20 heavy (non-hydrogen) atoms. The van der Waals surface area contributed by atoms with E-state index in [0.29, 0.717) is 25.9 Å². The molecule has 0 amide bonds. The van der Waals surface area contributed by atoms with Gasteiger partial charge in [0.15, 0.2) is 0 Å². The summed E-state index contributed by atoms with van der Waals surface area (Å²) >= 11 is 0. The highest BCUT2D eigenvalue weighted by Gasteiger charge is 2.37. The van der Waals surface area contributed by atoms with Crippen molar-refractivity contribution in [2.24, 2.45) is 0 Å². The Labute approximate surface area is 115 Å². The lowest BCUT2D eigenvalue weighted by molar-refractivity contribution is -0.138. The Morgan fingerprint density at radius 2 is 1.85 bits per heavy atom. The lowest BCUT2D eigenvalue weighted by Gasteiger charge is -2.33. The number of piperidine rings is 1. The van der Waals surface area contributed by atoms with Crippen molar-refractivity contribution in [3.63, 3.8) is 0 Å².